The summed E-state index contributed by atoms with van der Waals surface area (Å²) >= 11 is 3.49. The van der Waals surface area contributed by atoms with E-state index >= 15 is 0 Å². The molecule has 0 radical (unpaired) electrons. The van der Waals surface area contributed by atoms with E-state index in [0.717, 1.165) is 28.4 Å². The molecular weight excluding hydrogens is 506 g/mol. The van der Waals surface area contributed by atoms with Gasteiger partial charge in [-0.2, -0.15) is 0 Å². The maximum absolute atomic E-state index is 13.3. The number of Topliss-reactive ketones (excluding diaryl/α,β-unsaturated/α-hetero) is 1. The molecule has 180 valence electrons. The van der Waals surface area contributed by atoms with Crippen LogP contribution in [0.25, 0.3) is 5.76 Å². The third-order valence-corrected chi connectivity index (χ3v) is 6.56. The maximum atomic E-state index is 13.3. The summed E-state index contributed by atoms with van der Waals surface area (Å²) in [4.78, 5) is 28.0. The summed E-state index contributed by atoms with van der Waals surface area (Å²) in [6.45, 7) is 3.01. The van der Waals surface area contributed by atoms with Crippen molar-refractivity contribution in [3.05, 3.63) is 106 Å². The molecule has 1 amide bonds. The van der Waals surface area contributed by atoms with Crippen LogP contribution >= 0.6 is 15.9 Å². The summed E-state index contributed by atoms with van der Waals surface area (Å²) < 4.78 is 6.61. The summed E-state index contributed by atoms with van der Waals surface area (Å²) in [5.74, 6) is -0.878. The Morgan fingerprint density at radius 3 is 2.51 bits per heavy atom. The number of carbonyl (C=O) groups excluding carboxylic acids is 2. The van der Waals surface area contributed by atoms with Crippen LogP contribution in [0, 0.1) is 0 Å². The highest BCUT2D eigenvalue weighted by Gasteiger charge is 2.45. The minimum Gasteiger partial charge on any atom is -0.507 e. The fourth-order valence-electron chi connectivity index (χ4n) is 4.25. The van der Waals surface area contributed by atoms with Crippen molar-refractivity contribution in [3.63, 3.8) is 0 Å². The van der Waals surface area contributed by atoms with Crippen molar-refractivity contribution in [2.45, 2.75) is 32.2 Å². The molecule has 0 spiro atoms. The van der Waals surface area contributed by atoms with Gasteiger partial charge in [0, 0.05) is 16.6 Å². The van der Waals surface area contributed by atoms with Gasteiger partial charge >= 0.3 is 0 Å². The largest absolute Gasteiger partial charge is 0.507 e. The van der Waals surface area contributed by atoms with Gasteiger partial charge < -0.3 is 14.7 Å². The molecule has 1 unspecified atom stereocenters. The van der Waals surface area contributed by atoms with Gasteiger partial charge in [-0.3, -0.25) is 9.59 Å². The van der Waals surface area contributed by atoms with Gasteiger partial charge in [-0.05, 0) is 48.2 Å². The van der Waals surface area contributed by atoms with Crippen LogP contribution in [0.15, 0.2) is 88.9 Å². The Balaban J connectivity index is 1.74. The summed E-state index contributed by atoms with van der Waals surface area (Å²) in [7, 11) is 0. The van der Waals surface area contributed by atoms with E-state index in [9.17, 15) is 14.7 Å². The van der Waals surface area contributed by atoms with E-state index in [4.69, 9.17) is 4.74 Å². The molecule has 1 N–H and O–H groups in total. The second-order valence-electron chi connectivity index (χ2n) is 8.51. The number of halogens is 1. The molecule has 0 aromatic heterocycles. The first-order chi connectivity index (χ1) is 17.0. The van der Waals surface area contributed by atoms with Gasteiger partial charge in [0.05, 0.1) is 18.2 Å². The van der Waals surface area contributed by atoms with Crippen LogP contribution < -0.4 is 4.74 Å². The van der Waals surface area contributed by atoms with Crippen LogP contribution in [0.2, 0.25) is 0 Å². The summed E-state index contributed by atoms with van der Waals surface area (Å²) in [5.41, 5.74) is 2.36. The number of hydrogen-bond donors (Lipinski definition) is 1. The summed E-state index contributed by atoms with van der Waals surface area (Å²) in [6.07, 6.45) is 2.53. The summed E-state index contributed by atoms with van der Waals surface area (Å²) in [6, 6.07) is 23.6. The number of likely N-dealkylation sites (tertiary alicyclic amines) is 1. The number of aliphatic hydroxyl groups is 1. The fraction of sp³-hybridized carbons (Fsp3) is 0.241. The second kappa shape index (κ2) is 11.4. The molecule has 1 atom stereocenters. The average molecular weight is 534 g/mol. The number of ether oxygens (including phenoxy) is 1. The Kier molecular flexibility index (Phi) is 8.03. The van der Waals surface area contributed by atoms with E-state index in [1.807, 2.05) is 60.7 Å². The number of nitrogens with zero attached hydrogens (tertiary/aromatic N) is 1. The molecule has 1 aliphatic rings. The normalized spacial score (nSPS) is 17.1. The number of unbranched alkanes of at least 4 members (excludes halogenated alkanes) is 1. The number of aliphatic hydroxyl groups excluding tert-OH is 1. The van der Waals surface area contributed by atoms with Crippen molar-refractivity contribution >= 4 is 33.4 Å². The van der Waals surface area contributed by atoms with Crippen LogP contribution in [0.4, 0.5) is 0 Å². The SMILES string of the molecule is CCCCOc1cccc(/C(O)=C2\C(=O)C(=O)N(CCc3ccccc3)C2c2cccc(Br)c2)c1. The van der Waals surface area contributed by atoms with Gasteiger partial charge in [0.15, 0.2) is 0 Å². The minimum atomic E-state index is -0.694. The molecule has 1 fully saturated rings. The Morgan fingerprint density at radius 1 is 1.00 bits per heavy atom. The van der Waals surface area contributed by atoms with Crippen LogP contribution in [0.5, 0.6) is 5.75 Å². The summed E-state index contributed by atoms with van der Waals surface area (Å²) in [5, 5.41) is 11.3. The molecule has 0 bridgehead atoms. The van der Waals surface area contributed by atoms with Crippen LogP contribution in [0.3, 0.4) is 0 Å². The Morgan fingerprint density at radius 2 is 1.77 bits per heavy atom. The van der Waals surface area contributed by atoms with Gasteiger partial charge in [-0.25, -0.2) is 0 Å². The van der Waals surface area contributed by atoms with Crippen molar-refractivity contribution < 1.29 is 19.4 Å². The zero-order valence-electron chi connectivity index (χ0n) is 19.6. The first-order valence-electron chi connectivity index (χ1n) is 11.8. The Labute approximate surface area is 214 Å². The van der Waals surface area contributed by atoms with Gasteiger partial charge in [0.1, 0.15) is 11.5 Å². The maximum Gasteiger partial charge on any atom is 0.295 e. The highest BCUT2D eigenvalue weighted by molar-refractivity contribution is 9.10. The molecule has 4 rings (SSSR count). The van der Waals surface area contributed by atoms with Gasteiger partial charge in [-0.15, -0.1) is 0 Å². The van der Waals surface area contributed by atoms with E-state index in [1.54, 1.807) is 23.1 Å². The minimum absolute atomic E-state index is 0.0897. The lowest BCUT2D eigenvalue weighted by atomic mass is 9.95. The lowest BCUT2D eigenvalue weighted by Crippen LogP contribution is -2.31. The highest BCUT2D eigenvalue weighted by Crippen LogP contribution is 2.40. The molecule has 1 heterocycles. The number of benzene rings is 3. The van der Waals surface area contributed by atoms with E-state index in [2.05, 4.69) is 22.9 Å². The Hall–Kier alpha value is -3.38. The topological polar surface area (TPSA) is 66.8 Å². The third-order valence-electron chi connectivity index (χ3n) is 6.06. The smallest absolute Gasteiger partial charge is 0.295 e. The van der Waals surface area contributed by atoms with E-state index in [1.165, 1.54) is 0 Å². The molecule has 0 aliphatic carbocycles. The van der Waals surface area contributed by atoms with Crippen LogP contribution in [-0.2, 0) is 16.0 Å². The first-order valence-corrected chi connectivity index (χ1v) is 12.6. The second-order valence-corrected chi connectivity index (χ2v) is 9.43. The highest BCUT2D eigenvalue weighted by atomic mass is 79.9. The molecule has 3 aromatic rings. The van der Waals surface area contributed by atoms with Gasteiger partial charge in [0.25, 0.3) is 11.7 Å². The van der Waals surface area contributed by atoms with Crippen molar-refractivity contribution in [1.29, 1.82) is 0 Å². The third kappa shape index (κ3) is 5.65. The van der Waals surface area contributed by atoms with Crippen LogP contribution in [0.1, 0.15) is 42.5 Å². The van der Waals surface area contributed by atoms with Gasteiger partial charge in [0.2, 0.25) is 0 Å². The number of carbonyl (C=O) groups is 2. The number of rotatable bonds is 9. The molecule has 35 heavy (non-hydrogen) atoms. The first kappa shape index (κ1) is 24.7. The quantitative estimate of drug-likeness (QED) is 0.152. The van der Waals surface area contributed by atoms with E-state index in [0.29, 0.717) is 30.9 Å². The zero-order valence-corrected chi connectivity index (χ0v) is 21.2. The predicted octanol–water partition coefficient (Wildman–Crippen LogP) is 6.29. The van der Waals surface area contributed by atoms with Crippen molar-refractivity contribution in [3.8, 4) is 5.75 Å². The lowest BCUT2D eigenvalue weighted by Gasteiger charge is -2.25. The molecule has 0 saturated carbocycles. The molecule has 5 nitrogen and oxygen atoms in total. The number of ketones is 1. The average Bonchev–Trinajstić information content (AvgIpc) is 3.13. The molecular formula is C29H28BrNO4. The molecule has 1 aliphatic heterocycles. The molecule has 1 saturated heterocycles. The van der Waals surface area contributed by atoms with Crippen molar-refractivity contribution in [2.24, 2.45) is 0 Å². The Bertz CT molecular complexity index is 1240. The zero-order chi connectivity index (χ0) is 24.8. The predicted molar refractivity (Wildman–Crippen MR) is 140 cm³/mol. The molecule has 3 aromatic carbocycles. The fourth-order valence-corrected chi connectivity index (χ4v) is 4.67. The van der Waals surface area contributed by atoms with Crippen molar-refractivity contribution in [2.75, 3.05) is 13.2 Å². The number of hydrogen-bond acceptors (Lipinski definition) is 4. The van der Waals surface area contributed by atoms with Crippen molar-refractivity contribution in [1.82, 2.24) is 4.90 Å². The molecule has 6 heteroatoms. The monoisotopic (exact) mass is 533 g/mol. The van der Waals surface area contributed by atoms with E-state index < -0.39 is 17.7 Å². The lowest BCUT2D eigenvalue weighted by molar-refractivity contribution is -0.139. The van der Waals surface area contributed by atoms with Gasteiger partial charge in [-0.1, -0.05) is 83.9 Å². The number of amides is 1. The van der Waals surface area contributed by atoms with E-state index in [-0.39, 0.29) is 11.3 Å². The standard InChI is InChI=1S/C29H28BrNO4/c1-2-3-17-35-24-14-8-12-22(19-24)27(32)25-26(21-11-7-13-23(30)18-21)31(29(34)28(25)33)16-15-20-9-5-4-6-10-20/h4-14,18-19,26,32H,2-3,15-17H2,1H3/b27-25+. The van der Waals surface area contributed by atoms with Crippen LogP contribution in [-0.4, -0.2) is 34.8 Å².